The Morgan fingerprint density at radius 1 is 1.29 bits per heavy atom. The smallest absolute Gasteiger partial charge is 0.126 e. The zero-order valence-corrected chi connectivity index (χ0v) is 13.3. The Morgan fingerprint density at radius 2 is 2.00 bits per heavy atom. The predicted molar refractivity (Wildman–Crippen MR) is 83.9 cm³/mol. The van der Waals surface area contributed by atoms with E-state index in [-0.39, 0.29) is 11.9 Å². The molecule has 21 heavy (non-hydrogen) atoms. The normalized spacial score (nSPS) is 12.6. The zero-order valence-electron chi connectivity index (χ0n) is 13.3. The van der Waals surface area contributed by atoms with Crippen LogP contribution < -0.4 is 5.32 Å². The first-order valence-electron chi connectivity index (χ1n) is 7.55. The Balaban J connectivity index is 1.98. The summed E-state index contributed by atoms with van der Waals surface area (Å²) >= 11 is 0. The Morgan fingerprint density at radius 3 is 2.62 bits per heavy atom. The lowest BCUT2D eigenvalue weighted by atomic mass is 10.1. The van der Waals surface area contributed by atoms with Gasteiger partial charge < -0.3 is 5.32 Å². The molecule has 114 valence electrons. The number of hydrogen-bond acceptors (Lipinski definition) is 2. The molecule has 0 aliphatic rings. The van der Waals surface area contributed by atoms with E-state index >= 15 is 0 Å². The molecule has 1 atom stereocenters. The van der Waals surface area contributed by atoms with Crippen LogP contribution in [0.1, 0.15) is 42.4 Å². The highest BCUT2D eigenvalue weighted by molar-refractivity contribution is 5.28. The van der Waals surface area contributed by atoms with Crippen molar-refractivity contribution in [2.75, 3.05) is 6.54 Å². The second-order valence-corrected chi connectivity index (χ2v) is 5.42. The molecule has 1 aromatic heterocycles. The van der Waals surface area contributed by atoms with Gasteiger partial charge in [0, 0.05) is 23.8 Å². The van der Waals surface area contributed by atoms with Gasteiger partial charge in [-0.05, 0) is 52.3 Å². The van der Waals surface area contributed by atoms with Crippen molar-refractivity contribution in [3.8, 4) is 0 Å². The molecule has 0 amide bonds. The summed E-state index contributed by atoms with van der Waals surface area (Å²) in [6.07, 6.45) is 0.691. The maximum absolute atomic E-state index is 13.6. The lowest BCUT2D eigenvalue weighted by molar-refractivity contribution is 0.554. The number of halogens is 1. The average Bonchev–Trinajstić information content (AvgIpc) is 2.75. The molecule has 0 aliphatic heterocycles. The van der Waals surface area contributed by atoms with Crippen molar-refractivity contribution >= 4 is 0 Å². The molecule has 0 fully saturated rings. The summed E-state index contributed by atoms with van der Waals surface area (Å²) in [6.45, 7) is 10.0. The van der Waals surface area contributed by atoms with E-state index in [0.717, 1.165) is 24.3 Å². The lowest BCUT2D eigenvalue weighted by Crippen LogP contribution is -2.22. The van der Waals surface area contributed by atoms with Gasteiger partial charge in [-0.1, -0.05) is 18.2 Å². The quantitative estimate of drug-likeness (QED) is 0.881. The van der Waals surface area contributed by atoms with E-state index in [0.29, 0.717) is 6.42 Å². The van der Waals surface area contributed by atoms with E-state index in [4.69, 9.17) is 0 Å². The summed E-state index contributed by atoms with van der Waals surface area (Å²) in [7, 11) is 0. The Labute approximate surface area is 126 Å². The molecule has 1 heterocycles. The molecule has 0 spiro atoms. The van der Waals surface area contributed by atoms with Gasteiger partial charge in [-0.2, -0.15) is 5.10 Å². The number of hydrogen-bond donors (Lipinski definition) is 1. The highest BCUT2D eigenvalue weighted by Crippen LogP contribution is 2.21. The molecule has 2 rings (SSSR count). The minimum Gasteiger partial charge on any atom is -0.310 e. The SMILES string of the molecule is CCn1nc(C)c(C(C)NCCc2ccccc2F)c1C. The summed E-state index contributed by atoms with van der Waals surface area (Å²) in [6, 6.07) is 7.17. The summed E-state index contributed by atoms with van der Waals surface area (Å²) in [4.78, 5) is 0. The van der Waals surface area contributed by atoms with Gasteiger partial charge in [0.05, 0.1) is 5.69 Å². The Bertz CT molecular complexity index is 604. The first-order valence-corrected chi connectivity index (χ1v) is 7.55. The zero-order chi connectivity index (χ0) is 15.4. The molecular formula is C17H24FN3. The van der Waals surface area contributed by atoms with Crippen molar-refractivity contribution in [3.63, 3.8) is 0 Å². The topological polar surface area (TPSA) is 29.9 Å². The van der Waals surface area contributed by atoms with Crippen LogP contribution >= 0.6 is 0 Å². The van der Waals surface area contributed by atoms with E-state index < -0.39 is 0 Å². The summed E-state index contributed by atoms with van der Waals surface area (Å²) in [5, 5.41) is 8.02. The Hall–Kier alpha value is -1.68. The highest BCUT2D eigenvalue weighted by Gasteiger charge is 2.16. The molecule has 0 saturated carbocycles. The van der Waals surface area contributed by atoms with Crippen LogP contribution in [0.15, 0.2) is 24.3 Å². The molecule has 4 heteroatoms. The van der Waals surface area contributed by atoms with Gasteiger partial charge >= 0.3 is 0 Å². The van der Waals surface area contributed by atoms with Gasteiger partial charge in [0.25, 0.3) is 0 Å². The van der Waals surface area contributed by atoms with Crippen LogP contribution in [0.3, 0.4) is 0 Å². The minimum absolute atomic E-state index is 0.127. The molecule has 0 bridgehead atoms. The van der Waals surface area contributed by atoms with Crippen molar-refractivity contribution < 1.29 is 4.39 Å². The minimum atomic E-state index is -0.127. The van der Waals surface area contributed by atoms with Gasteiger partial charge in [0.15, 0.2) is 0 Å². The highest BCUT2D eigenvalue weighted by atomic mass is 19.1. The standard InChI is InChI=1S/C17H24FN3/c1-5-21-14(4)17(13(3)20-21)12(2)19-11-10-15-8-6-7-9-16(15)18/h6-9,12,19H,5,10-11H2,1-4H3. The lowest BCUT2D eigenvalue weighted by Gasteiger charge is -2.15. The fourth-order valence-electron chi connectivity index (χ4n) is 2.87. The largest absolute Gasteiger partial charge is 0.310 e. The van der Waals surface area contributed by atoms with Crippen LogP contribution in [-0.4, -0.2) is 16.3 Å². The molecule has 0 aliphatic carbocycles. The molecule has 1 aromatic carbocycles. The predicted octanol–water partition coefficient (Wildman–Crippen LogP) is 3.55. The first-order chi connectivity index (χ1) is 10.0. The number of aryl methyl sites for hydroxylation is 2. The van der Waals surface area contributed by atoms with Gasteiger partial charge in [-0.25, -0.2) is 4.39 Å². The third kappa shape index (κ3) is 3.50. The second kappa shape index (κ2) is 6.85. The fourth-order valence-corrected chi connectivity index (χ4v) is 2.87. The third-order valence-electron chi connectivity index (χ3n) is 3.97. The number of aromatic nitrogens is 2. The number of rotatable bonds is 6. The summed E-state index contributed by atoms with van der Waals surface area (Å²) in [5.74, 6) is -0.127. The molecule has 0 saturated heterocycles. The number of nitrogens with zero attached hydrogens (tertiary/aromatic N) is 2. The summed E-state index contributed by atoms with van der Waals surface area (Å²) < 4.78 is 15.6. The maximum atomic E-state index is 13.6. The fraction of sp³-hybridized carbons (Fsp3) is 0.471. The van der Waals surface area contributed by atoms with Gasteiger partial charge in [0.2, 0.25) is 0 Å². The van der Waals surface area contributed by atoms with E-state index in [9.17, 15) is 4.39 Å². The van der Waals surface area contributed by atoms with Gasteiger partial charge in [-0.3, -0.25) is 4.68 Å². The Kier molecular flexibility index (Phi) is 5.12. The summed E-state index contributed by atoms with van der Waals surface area (Å²) in [5.41, 5.74) is 4.29. The van der Waals surface area contributed by atoms with Crippen LogP contribution in [0.5, 0.6) is 0 Å². The molecular weight excluding hydrogens is 265 g/mol. The molecule has 1 N–H and O–H groups in total. The monoisotopic (exact) mass is 289 g/mol. The van der Waals surface area contributed by atoms with Crippen LogP contribution in [0, 0.1) is 19.7 Å². The van der Waals surface area contributed by atoms with Crippen molar-refractivity contribution in [1.29, 1.82) is 0 Å². The van der Waals surface area contributed by atoms with Crippen LogP contribution in [0.2, 0.25) is 0 Å². The third-order valence-corrected chi connectivity index (χ3v) is 3.97. The number of benzene rings is 1. The van der Waals surface area contributed by atoms with E-state index in [2.05, 4.69) is 31.2 Å². The van der Waals surface area contributed by atoms with Gasteiger partial charge in [-0.15, -0.1) is 0 Å². The van der Waals surface area contributed by atoms with Crippen LogP contribution in [-0.2, 0) is 13.0 Å². The van der Waals surface area contributed by atoms with Gasteiger partial charge in [0.1, 0.15) is 5.82 Å². The molecule has 3 nitrogen and oxygen atoms in total. The van der Waals surface area contributed by atoms with Crippen molar-refractivity contribution in [2.24, 2.45) is 0 Å². The van der Waals surface area contributed by atoms with E-state index in [1.807, 2.05) is 23.7 Å². The number of nitrogens with one attached hydrogen (secondary N) is 1. The molecule has 0 radical (unpaired) electrons. The average molecular weight is 289 g/mol. The van der Waals surface area contributed by atoms with E-state index in [1.165, 1.54) is 17.3 Å². The van der Waals surface area contributed by atoms with Crippen molar-refractivity contribution in [2.45, 2.75) is 46.7 Å². The first kappa shape index (κ1) is 15.7. The van der Waals surface area contributed by atoms with Crippen LogP contribution in [0.4, 0.5) is 4.39 Å². The molecule has 1 unspecified atom stereocenters. The van der Waals surface area contributed by atoms with E-state index in [1.54, 1.807) is 6.07 Å². The van der Waals surface area contributed by atoms with Crippen molar-refractivity contribution in [3.05, 3.63) is 52.6 Å². The molecule has 2 aromatic rings. The second-order valence-electron chi connectivity index (χ2n) is 5.42. The van der Waals surface area contributed by atoms with Crippen molar-refractivity contribution in [1.82, 2.24) is 15.1 Å². The van der Waals surface area contributed by atoms with Crippen LogP contribution in [0.25, 0.3) is 0 Å². The maximum Gasteiger partial charge on any atom is 0.126 e.